The monoisotopic (exact) mass is 471 g/mol. The van der Waals surface area contributed by atoms with Gasteiger partial charge in [0.1, 0.15) is 0 Å². The summed E-state index contributed by atoms with van der Waals surface area (Å²) < 4.78 is 7.70. The molecule has 0 spiro atoms. The number of benzene rings is 1. The minimum Gasteiger partial charge on any atom is -0.462 e. The van der Waals surface area contributed by atoms with E-state index in [0.717, 1.165) is 23.5 Å². The van der Waals surface area contributed by atoms with Gasteiger partial charge in [-0.3, -0.25) is 0 Å². The molecule has 1 aromatic heterocycles. The van der Waals surface area contributed by atoms with Gasteiger partial charge in [0.15, 0.2) is 0 Å². The number of hydrogen-bond acceptors (Lipinski definition) is 2. The summed E-state index contributed by atoms with van der Waals surface area (Å²) in [6.45, 7) is 2.17. The van der Waals surface area contributed by atoms with Gasteiger partial charge in [-0.15, -0.1) is 0 Å². The number of carbonyl (C=O) groups excluding carboxylic acids is 1. The zero-order valence-corrected chi connectivity index (χ0v) is 14.1. The van der Waals surface area contributed by atoms with Gasteiger partial charge in [-0.2, -0.15) is 0 Å². The van der Waals surface area contributed by atoms with E-state index in [4.69, 9.17) is 4.74 Å². The average Bonchev–Trinajstić information content (AvgIpc) is 2.55. The van der Waals surface area contributed by atoms with Gasteiger partial charge < -0.3 is 9.72 Å². The third-order valence-electron chi connectivity index (χ3n) is 2.27. The summed E-state index contributed by atoms with van der Waals surface area (Å²) in [5.41, 5.74) is 1.50. The lowest BCUT2D eigenvalue weighted by atomic mass is 10.2. The molecule has 2 aromatic rings. The van der Waals surface area contributed by atoms with Crippen molar-refractivity contribution in [3.63, 3.8) is 0 Å². The molecule has 6 heteroatoms. The molecular weight excluding hydrogens is 465 g/mol. The summed E-state index contributed by atoms with van der Waals surface area (Å²) in [6.07, 6.45) is 0. The fourth-order valence-electron chi connectivity index (χ4n) is 1.56. The molecule has 0 aliphatic rings. The van der Waals surface area contributed by atoms with Crippen LogP contribution in [0, 0.1) is 3.70 Å². The molecule has 1 N–H and O–H groups in total. The lowest BCUT2D eigenvalue weighted by molar-refractivity contribution is 0.0527. The Morgan fingerprint density at radius 2 is 2.06 bits per heavy atom. The zero-order valence-electron chi connectivity index (χ0n) is 8.81. The maximum atomic E-state index is 11.9. The van der Waals surface area contributed by atoms with Gasteiger partial charge in [-0.05, 0) is 73.5 Å². The highest BCUT2D eigenvalue weighted by Gasteiger charge is 2.19. The first-order valence-corrected chi connectivity index (χ1v) is 7.54. The van der Waals surface area contributed by atoms with Crippen LogP contribution in [0.5, 0.6) is 0 Å². The third kappa shape index (κ3) is 2.53. The summed E-state index contributed by atoms with van der Waals surface area (Å²) in [4.78, 5) is 15.0. The van der Waals surface area contributed by atoms with E-state index in [1.54, 1.807) is 6.92 Å². The van der Waals surface area contributed by atoms with Crippen molar-refractivity contribution < 1.29 is 9.53 Å². The van der Waals surface area contributed by atoms with Crippen molar-refractivity contribution in [3.8, 4) is 0 Å². The van der Waals surface area contributed by atoms with E-state index in [0.29, 0.717) is 12.2 Å². The van der Waals surface area contributed by atoms with Crippen molar-refractivity contribution in [2.24, 2.45) is 0 Å². The smallest absolute Gasteiger partial charge is 0.341 e. The van der Waals surface area contributed by atoms with Crippen LogP contribution in [0.25, 0.3) is 10.9 Å². The molecule has 0 saturated carbocycles. The number of hydrogen-bond donors (Lipinski definition) is 1. The number of aromatic amines is 1. The van der Waals surface area contributed by atoms with E-state index in [-0.39, 0.29) is 5.97 Å². The van der Waals surface area contributed by atoms with Gasteiger partial charge in [0.05, 0.1) is 15.9 Å². The van der Waals surface area contributed by atoms with Crippen LogP contribution in [0.4, 0.5) is 0 Å². The molecule has 0 atom stereocenters. The van der Waals surface area contributed by atoms with Crippen LogP contribution in [0.15, 0.2) is 21.1 Å². The molecular formula is C11H8Br2INO2. The SMILES string of the molecule is CCOC(=O)c1c(I)[nH]c2cc(Br)c(Br)cc12. The van der Waals surface area contributed by atoms with Crippen molar-refractivity contribution in [1.29, 1.82) is 0 Å². The largest absolute Gasteiger partial charge is 0.462 e. The van der Waals surface area contributed by atoms with Gasteiger partial charge in [-0.1, -0.05) is 0 Å². The molecule has 0 bridgehead atoms. The Bertz CT molecular complexity index is 595. The number of nitrogens with one attached hydrogen (secondary N) is 1. The van der Waals surface area contributed by atoms with Crippen LogP contribution in [0.3, 0.4) is 0 Å². The molecule has 1 aromatic carbocycles. The van der Waals surface area contributed by atoms with E-state index in [1.807, 2.05) is 12.1 Å². The molecule has 0 aliphatic carbocycles. The lowest BCUT2D eigenvalue weighted by Gasteiger charge is -2.01. The van der Waals surface area contributed by atoms with Crippen LogP contribution < -0.4 is 0 Å². The molecule has 90 valence electrons. The molecule has 0 amide bonds. The summed E-state index contributed by atoms with van der Waals surface area (Å²) in [5.74, 6) is -0.294. The number of H-pyrrole nitrogens is 1. The third-order valence-corrected chi connectivity index (χ3v) is 4.93. The second kappa shape index (κ2) is 5.27. The van der Waals surface area contributed by atoms with Crippen LogP contribution >= 0.6 is 54.5 Å². The van der Waals surface area contributed by atoms with Gasteiger partial charge >= 0.3 is 5.97 Å². The minimum absolute atomic E-state index is 0.294. The summed E-state index contributed by atoms with van der Waals surface area (Å²) in [6, 6.07) is 3.84. The van der Waals surface area contributed by atoms with Crippen LogP contribution in [-0.4, -0.2) is 17.6 Å². The predicted octanol–water partition coefficient (Wildman–Crippen LogP) is 4.47. The quantitative estimate of drug-likeness (QED) is 0.517. The second-order valence-corrected chi connectivity index (χ2v) is 6.13. The molecule has 2 rings (SSSR count). The van der Waals surface area contributed by atoms with E-state index in [2.05, 4.69) is 59.4 Å². The van der Waals surface area contributed by atoms with E-state index in [9.17, 15) is 4.79 Å². The Balaban J connectivity index is 2.66. The second-order valence-electron chi connectivity index (χ2n) is 3.35. The summed E-state index contributed by atoms with van der Waals surface area (Å²) in [7, 11) is 0. The Labute approximate surface area is 129 Å². The summed E-state index contributed by atoms with van der Waals surface area (Å²) >= 11 is 8.97. The Morgan fingerprint density at radius 3 is 2.71 bits per heavy atom. The number of carbonyl (C=O) groups is 1. The van der Waals surface area contributed by atoms with E-state index in [1.165, 1.54) is 0 Å². The van der Waals surface area contributed by atoms with E-state index >= 15 is 0 Å². The fraction of sp³-hybridized carbons (Fsp3) is 0.182. The van der Waals surface area contributed by atoms with Crippen molar-refractivity contribution in [2.75, 3.05) is 6.61 Å². The minimum atomic E-state index is -0.294. The maximum Gasteiger partial charge on any atom is 0.341 e. The Hall–Kier alpha value is -0.0800. The predicted molar refractivity (Wildman–Crippen MR) is 82.4 cm³/mol. The number of halogens is 3. The van der Waals surface area contributed by atoms with Crippen LogP contribution in [0.1, 0.15) is 17.3 Å². The number of ether oxygens (including phenoxy) is 1. The van der Waals surface area contributed by atoms with Gasteiger partial charge in [0, 0.05) is 19.8 Å². The van der Waals surface area contributed by atoms with Gasteiger partial charge in [-0.25, -0.2) is 4.79 Å². The number of esters is 1. The highest BCUT2D eigenvalue weighted by molar-refractivity contribution is 14.1. The molecule has 0 unspecified atom stereocenters. The summed E-state index contributed by atoms with van der Waals surface area (Å²) in [5, 5.41) is 0.864. The van der Waals surface area contributed by atoms with E-state index < -0.39 is 0 Å². The molecule has 17 heavy (non-hydrogen) atoms. The topological polar surface area (TPSA) is 42.1 Å². The molecule has 0 saturated heterocycles. The van der Waals surface area contributed by atoms with Crippen molar-refractivity contribution >= 4 is 71.3 Å². The van der Waals surface area contributed by atoms with Gasteiger partial charge in [0.25, 0.3) is 0 Å². The zero-order chi connectivity index (χ0) is 12.6. The fourth-order valence-corrected chi connectivity index (χ4v) is 3.05. The first-order valence-electron chi connectivity index (χ1n) is 4.88. The standard InChI is InChI=1S/C11H8Br2INO2/c1-2-17-11(16)9-5-3-6(12)7(13)4-8(5)15-10(9)14/h3-4,15H,2H2,1H3. The van der Waals surface area contributed by atoms with Crippen LogP contribution in [0.2, 0.25) is 0 Å². The molecule has 3 nitrogen and oxygen atoms in total. The van der Waals surface area contributed by atoms with Crippen molar-refractivity contribution in [1.82, 2.24) is 4.98 Å². The molecule has 1 heterocycles. The molecule has 0 fully saturated rings. The molecule has 0 radical (unpaired) electrons. The average molecular weight is 473 g/mol. The first kappa shape index (κ1) is 13.4. The Morgan fingerprint density at radius 1 is 1.41 bits per heavy atom. The van der Waals surface area contributed by atoms with Crippen LogP contribution in [-0.2, 0) is 4.74 Å². The van der Waals surface area contributed by atoms with Crippen molar-refractivity contribution in [3.05, 3.63) is 30.3 Å². The highest BCUT2D eigenvalue weighted by Crippen LogP contribution is 2.32. The number of rotatable bonds is 2. The Kier molecular flexibility index (Phi) is 4.14. The number of aromatic nitrogens is 1. The maximum absolute atomic E-state index is 11.9. The van der Waals surface area contributed by atoms with Crippen molar-refractivity contribution in [2.45, 2.75) is 6.92 Å². The first-order chi connectivity index (χ1) is 8.04. The highest BCUT2D eigenvalue weighted by atomic mass is 127. The number of fused-ring (bicyclic) bond motifs is 1. The lowest BCUT2D eigenvalue weighted by Crippen LogP contribution is -2.05. The molecule has 0 aliphatic heterocycles. The normalized spacial score (nSPS) is 10.8. The van der Waals surface area contributed by atoms with Gasteiger partial charge in [0.2, 0.25) is 0 Å².